The van der Waals surface area contributed by atoms with E-state index in [-0.39, 0.29) is 12.5 Å². The van der Waals surface area contributed by atoms with Crippen molar-refractivity contribution in [3.63, 3.8) is 0 Å². The van der Waals surface area contributed by atoms with E-state index in [4.69, 9.17) is 9.47 Å². The Labute approximate surface area is 70.6 Å². The molecule has 0 aromatic carbocycles. The van der Waals surface area contributed by atoms with E-state index in [1.807, 2.05) is 5.01 Å². The van der Waals surface area contributed by atoms with Gasteiger partial charge < -0.3 is 14.3 Å². The molecule has 2 aliphatic heterocycles. The molecule has 5 nitrogen and oxygen atoms in total. The van der Waals surface area contributed by atoms with Crippen LogP contribution in [-0.4, -0.2) is 37.1 Å². The van der Waals surface area contributed by atoms with Crippen molar-refractivity contribution in [3.8, 4) is 0 Å². The van der Waals surface area contributed by atoms with Crippen LogP contribution in [0.15, 0.2) is 0 Å². The summed E-state index contributed by atoms with van der Waals surface area (Å²) in [5, 5.41) is 1.87. The number of carbonyl (C=O) groups excluding carboxylic acids is 1. The van der Waals surface area contributed by atoms with Gasteiger partial charge in [-0.1, -0.05) is 0 Å². The summed E-state index contributed by atoms with van der Waals surface area (Å²) in [4.78, 5) is 10.5. The summed E-state index contributed by atoms with van der Waals surface area (Å²) in [6.45, 7) is 1.23. The molecular formula is C7H12N2O3. The number of hydrazine groups is 1. The summed E-state index contributed by atoms with van der Waals surface area (Å²) in [6, 6.07) is -0.0159. The Kier molecular flexibility index (Phi) is 2.36. The minimum Gasteiger partial charge on any atom is -0.312 e. The highest BCUT2D eigenvalue weighted by atomic mass is 16.9. The molecule has 2 saturated heterocycles. The molecule has 2 fully saturated rings. The van der Waals surface area contributed by atoms with Gasteiger partial charge in [0.15, 0.2) is 6.79 Å². The third-order valence-electron chi connectivity index (χ3n) is 2.17. The van der Waals surface area contributed by atoms with Gasteiger partial charge in [0.25, 0.3) is 0 Å². The van der Waals surface area contributed by atoms with Crippen molar-refractivity contribution in [2.45, 2.75) is 25.3 Å². The van der Waals surface area contributed by atoms with Gasteiger partial charge in [-0.3, -0.25) is 0 Å². The van der Waals surface area contributed by atoms with Crippen LogP contribution in [0.25, 0.3) is 0 Å². The summed E-state index contributed by atoms with van der Waals surface area (Å²) in [5.74, 6) is 0. The van der Waals surface area contributed by atoms with Crippen molar-refractivity contribution >= 4 is 6.29 Å². The Morgan fingerprint density at radius 1 is 1.50 bits per heavy atom. The van der Waals surface area contributed by atoms with Crippen molar-refractivity contribution in [1.82, 2.24) is 10.4 Å². The van der Waals surface area contributed by atoms with E-state index in [0.717, 1.165) is 25.7 Å². The molecule has 2 rings (SSSR count). The molecule has 12 heavy (non-hydrogen) atoms. The Balaban J connectivity index is 1.80. The lowest BCUT2D eigenvalue weighted by molar-refractivity contribution is -0.348. The third-order valence-corrected chi connectivity index (χ3v) is 2.17. The van der Waals surface area contributed by atoms with Gasteiger partial charge in [0.1, 0.15) is 6.29 Å². The number of aldehydes is 1. The maximum atomic E-state index is 10.5. The second-order valence-electron chi connectivity index (χ2n) is 2.95. The Morgan fingerprint density at radius 2 is 2.33 bits per heavy atom. The minimum atomic E-state index is -0.342. The maximum absolute atomic E-state index is 10.5. The first kappa shape index (κ1) is 8.12. The van der Waals surface area contributed by atoms with Crippen LogP contribution >= 0.6 is 0 Å². The molecule has 0 aromatic rings. The summed E-state index contributed by atoms with van der Waals surface area (Å²) in [5.41, 5.74) is 2.97. The highest BCUT2D eigenvalue weighted by molar-refractivity contribution is 5.57. The lowest BCUT2D eigenvalue weighted by atomic mass is 10.2. The molecular weight excluding hydrogens is 160 g/mol. The fraction of sp³-hybridized carbons (Fsp3) is 0.857. The zero-order chi connectivity index (χ0) is 8.39. The van der Waals surface area contributed by atoms with Gasteiger partial charge in [0.05, 0.1) is 6.04 Å². The Hall–Kier alpha value is -0.490. The average molecular weight is 172 g/mol. The number of nitrogens with zero attached hydrogens (tertiary/aromatic N) is 1. The third kappa shape index (κ3) is 1.49. The lowest BCUT2D eigenvalue weighted by Gasteiger charge is -2.32. The summed E-state index contributed by atoms with van der Waals surface area (Å²) in [7, 11) is 0. The van der Waals surface area contributed by atoms with Crippen LogP contribution in [0, 0.1) is 0 Å². The van der Waals surface area contributed by atoms with Crippen LogP contribution in [-0.2, 0) is 14.3 Å². The standard InChI is InChI=1S/C7H12N2O3/c10-4-6-2-1-3-9(6)8-7-11-5-12-7/h4,6-8H,1-3,5H2/t6-/m1/s1. The van der Waals surface area contributed by atoms with Gasteiger partial charge in [-0.2, -0.15) is 0 Å². The number of hydrogen-bond acceptors (Lipinski definition) is 5. The first-order valence-corrected chi connectivity index (χ1v) is 4.11. The van der Waals surface area contributed by atoms with Crippen LogP contribution in [0.4, 0.5) is 0 Å². The van der Waals surface area contributed by atoms with E-state index in [1.165, 1.54) is 0 Å². The molecule has 68 valence electrons. The molecule has 0 amide bonds. The number of carbonyl (C=O) groups is 1. The monoisotopic (exact) mass is 172 g/mol. The van der Waals surface area contributed by atoms with Gasteiger partial charge in [-0.15, -0.1) is 0 Å². The number of rotatable bonds is 3. The van der Waals surface area contributed by atoms with Crippen molar-refractivity contribution < 1.29 is 14.3 Å². The van der Waals surface area contributed by atoms with Crippen molar-refractivity contribution in [2.75, 3.05) is 13.3 Å². The quantitative estimate of drug-likeness (QED) is 0.578. The molecule has 1 atom stereocenters. The number of nitrogens with one attached hydrogen (secondary N) is 1. The SMILES string of the molecule is O=C[C@H]1CCCN1NC1OCO1. The smallest absolute Gasteiger partial charge is 0.233 e. The molecule has 2 heterocycles. The highest BCUT2D eigenvalue weighted by Crippen LogP contribution is 2.14. The topological polar surface area (TPSA) is 50.8 Å². The normalized spacial score (nSPS) is 31.8. The molecule has 0 radical (unpaired) electrons. The van der Waals surface area contributed by atoms with Crippen LogP contribution < -0.4 is 5.43 Å². The predicted octanol–water partition coefficient (Wildman–Crippen LogP) is -0.558. The first-order chi connectivity index (χ1) is 5.90. The first-order valence-electron chi connectivity index (χ1n) is 4.11. The molecule has 0 unspecified atom stereocenters. The van der Waals surface area contributed by atoms with Crippen molar-refractivity contribution in [1.29, 1.82) is 0 Å². The minimum absolute atomic E-state index is 0.0159. The highest BCUT2D eigenvalue weighted by Gasteiger charge is 2.29. The molecule has 5 heteroatoms. The van der Waals surface area contributed by atoms with Crippen LogP contribution in [0.2, 0.25) is 0 Å². The maximum Gasteiger partial charge on any atom is 0.233 e. The van der Waals surface area contributed by atoms with Crippen LogP contribution in [0.5, 0.6) is 0 Å². The molecule has 0 aromatic heterocycles. The van der Waals surface area contributed by atoms with Gasteiger partial charge >= 0.3 is 0 Å². The van der Waals surface area contributed by atoms with E-state index < -0.39 is 0 Å². The van der Waals surface area contributed by atoms with E-state index in [1.54, 1.807) is 0 Å². The van der Waals surface area contributed by atoms with E-state index in [0.29, 0.717) is 6.79 Å². The second-order valence-corrected chi connectivity index (χ2v) is 2.95. The Bertz CT molecular complexity index is 172. The van der Waals surface area contributed by atoms with E-state index >= 15 is 0 Å². The number of ether oxygens (including phenoxy) is 2. The van der Waals surface area contributed by atoms with Crippen LogP contribution in [0.1, 0.15) is 12.8 Å². The van der Waals surface area contributed by atoms with E-state index in [9.17, 15) is 4.79 Å². The van der Waals surface area contributed by atoms with Crippen LogP contribution in [0.3, 0.4) is 0 Å². The molecule has 0 saturated carbocycles. The molecule has 1 N–H and O–H groups in total. The van der Waals surface area contributed by atoms with Crippen molar-refractivity contribution in [3.05, 3.63) is 0 Å². The molecule has 0 bridgehead atoms. The molecule has 0 spiro atoms. The fourth-order valence-electron chi connectivity index (χ4n) is 1.44. The molecule has 2 aliphatic rings. The zero-order valence-electron chi connectivity index (χ0n) is 6.73. The lowest BCUT2D eigenvalue weighted by Crippen LogP contribution is -2.54. The Morgan fingerprint density at radius 3 is 2.92 bits per heavy atom. The van der Waals surface area contributed by atoms with Crippen molar-refractivity contribution in [2.24, 2.45) is 0 Å². The fourth-order valence-corrected chi connectivity index (χ4v) is 1.44. The number of hydrogen-bond donors (Lipinski definition) is 1. The van der Waals surface area contributed by atoms with Gasteiger partial charge in [-0.25, -0.2) is 10.4 Å². The summed E-state index contributed by atoms with van der Waals surface area (Å²) < 4.78 is 9.99. The predicted molar refractivity (Wildman–Crippen MR) is 39.8 cm³/mol. The van der Waals surface area contributed by atoms with E-state index in [2.05, 4.69) is 5.43 Å². The van der Waals surface area contributed by atoms with Gasteiger partial charge in [0, 0.05) is 6.54 Å². The van der Waals surface area contributed by atoms with Gasteiger partial charge in [-0.05, 0) is 12.8 Å². The summed E-state index contributed by atoms with van der Waals surface area (Å²) >= 11 is 0. The summed E-state index contributed by atoms with van der Waals surface area (Å²) in [6.07, 6.45) is 2.58. The second kappa shape index (κ2) is 3.49. The largest absolute Gasteiger partial charge is 0.312 e. The van der Waals surface area contributed by atoms with Gasteiger partial charge in [0.2, 0.25) is 6.41 Å². The molecule has 0 aliphatic carbocycles. The zero-order valence-corrected chi connectivity index (χ0v) is 6.73. The average Bonchev–Trinajstić information content (AvgIpc) is 2.43.